The number of halogens is 1. The number of alkyl halides is 1. The van der Waals surface area contributed by atoms with Gasteiger partial charge in [-0.3, -0.25) is 9.67 Å². The van der Waals surface area contributed by atoms with Gasteiger partial charge in [-0.25, -0.2) is 9.37 Å². The molecule has 0 bridgehead atoms. The molecule has 8 nitrogen and oxygen atoms in total. The molecule has 0 radical (unpaired) electrons. The second kappa shape index (κ2) is 6.96. The van der Waals surface area contributed by atoms with Crippen LogP contribution in [-0.2, 0) is 6.54 Å². The summed E-state index contributed by atoms with van der Waals surface area (Å²) >= 11 is 0. The quantitative estimate of drug-likeness (QED) is 0.701. The van der Waals surface area contributed by atoms with Crippen molar-refractivity contribution in [2.24, 2.45) is 0 Å². The highest BCUT2D eigenvalue weighted by atomic mass is 19.1. The molecule has 0 aromatic carbocycles. The Hall–Kier alpha value is -2.84. The molecular formula is C16H18FN7O. The summed E-state index contributed by atoms with van der Waals surface area (Å²) in [7, 11) is 0. The topological polar surface area (TPSA) is 85.8 Å². The summed E-state index contributed by atoms with van der Waals surface area (Å²) in [5.41, 5.74) is 0.737. The maximum Gasteiger partial charge on any atom is 0.230 e. The van der Waals surface area contributed by atoms with Crippen molar-refractivity contribution in [3.05, 3.63) is 36.9 Å². The van der Waals surface area contributed by atoms with E-state index in [1.165, 1.54) is 4.68 Å². The minimum Gasteiger partial charge on any atom is -0.355 e. The first kappa shape index (κ1) is 15.7. The van der Waals surface area contributed by atoms with Crippen LogP contribution in [0.4, 0.5) is 10.2 Å². The van der Waals surface area contributed by atoms with Gasteiger partial charge in [-0.15, -0.1) is 0 Å². The van der Waals surface area contributed by atoms with Gasteiger partial charge >= 0.3 is 0 Å². The molecule has 1 aliphatic rings. The zero-order valence-corrected chi connectivity index (χ0v) is 13.6. The van der Waals surface area contributed by atoms with Crippen molar-refractivity contribution in [3.63, 3.8) is 0 Å². The maximum absolute atomic E-state index is 12.4. The molecule has 4 heterocycles. The summed E-state index contributed by atoms with van der Waals surface area (Å²) in [4.78, 5) is 15.2. The lowest BCUT2D eigenvalue weighted by Crippen LogP contribution is -2.33. The van der Waals surface area contributed by atoms with Gasteiger partial charge < -0.3 is 9.42 Å². The summed E-state index contributed by atoms with van der Waals surface area (Å²) in [6.07, 6.45) is 10.3. The Balaban J connectivity index is 1.41. The van der Waals surface area contributed by atoms with E-state index in [1.54, 1.807) is 31.0 Å². The largest absolute Gasteiger partial charge is 0.355 e. The molecule has 25 heavy (non-hydrogen) atoms. The van der Waals surface area contributed by atoms with Crippen LogP contribution in [0.2, 0.25) is 0 Å². The van der Waals surface area contributed by atoms with E-state index in [2.05, 4.69) is 30.1 Å². The molecule has 0 unspecified atom stereocenters. The lowest BCUT2D eigenvalue weighted by atomic mass is 9.97. The van der Waals surface area contributed by atoms with E-state index in [4.69, 9.17) is 4.52 Å². The number of aryl methyl sites for hydroxylation is 1. The molecule has 130 valence electrons. The van der Waals surface area contributed by atoms with Crippen molar-refractivity contribution < 1.29 is 8.91 Å². The predicted molar refractivity (Wildman–Crippen MR) is 87.7 cm³/mol. The molecule has 0 spiro atoms. The Morgan fingerprint density at radius 3 is 2.84 bits per heavy atom. The Morgan fingerprint density at radius 1 is 1.20 bits per heavy atom. The van der Waals surface area contributed by atoms with Gasteiger partial charge in [0.1, 0.15) is 12.5 Å². The molecule has 1 fully saturated rings. The van der Waals surface area contributed by atoms with Gasteiger partial charge in [0.15, 0.2) is 0 Å². The number of nitrogens with zero attached hydrogens (tertiary/aromatic N) is 7. The van der Waals surface area contributed by atoms with Crippen LogP contribution in [0.25, 0.3) is 11.4 Å². The molecular weight excluding hydrogens is 325 g/mol. The van der Waals surface area contributed by atoms with E-state index in [-0.39, 0.29) is 12.5 Å². The third-order valence-electron chi connectivity index (χ3n) is 4.36. The van der Waals surface area contributed by atoms with Crippen LogP contribution in [0.5, 0.6) is 0 Å². The molecule has 0 saturated carbocycles. The Morgan fingerprint density at radius 2 is 2.08 bits per heavy atom. The van der Waals surface area contributed by atoms with Crippen molar-refractivity contribution in [2.75, 3.05) is 24.7 Å². The van der Waals surface area contributed by atoms with Crippen molar-refractivity contribution in [1.29, 1.82) is 0 Å². The van der Waals surface area contributed by atoms with Crippen molar-refractivity contribution >= 4 is 5.82 Å². The zero-order valence-electron chi connectivity index (χ0n) is 13.6. The molecule has 0 N–H and O–H groups in total. The number of hydrogen-bond donors (Lipinski definition) is 0. The summed E-state index contributed by atoms with van der Waals surface area (Å²) in [5.74, 6) is 2.27. The maximum atomic E-state index is 12.4. The summed E-state index contributed by atoms with van der Waals surface area (Å²) < 4.78 is 19.4. The lowest BCUT2D eigenvalue weighted by Gasteiger charge is -2.30. The van der Waals surface area contributed by atoms with E-state index in [0.29, 0.717) is 11.7 Å². The summed E-state index contributed by atoms with van der Waals surface area (Å²) in [5, 5.41) is 8.13. The first-order valence-electron chi connectivity index (χ1n) is 8.27. The van der Waals surface area contributed by atoms with Crippen LogP contribution >= 0.6 is 0 Å². The minimum atomic E-state index is -0.455. The summed E-state index contributed by atoms with van der Waals surface area (Å²) in [6, 6.07) is 0. The zero-order chi connectivity index (χ0) is 17.1. The van der Waals surface area contributed by atoms with Crippen molar-refractivity contribution in [2.45, 2.75) is 25.3 Å². The third-order valence-corrected chi connectivity index (χ3v) is 4.36. The Labute approximate surface area is 143 Å². The SMILES string of the molecule is FCCn1cc(-c2noc(C3CCN(c4cnccn4)CC3)n2)cn1. The smallest absolute Gasteiger partial charge is 0.230 e. The van der Waals surface area contributed by atoms with Crippen LogP contribution in [0, 0.1) is 0 Å². The van der Waals surface area contributed by atoms with Gasteiger partial charge in [0, 0.05) is 37.6 Å². The second-order valence-corrected chi connectivity index (χ2v) is 5.96. The first-order chi connectivity index (χ1) is 12.3. The third kappa shape index (κ3) is 3.35. The van der Waals surface area contributed by atoms with Crippen molar-refractivity contribution in [3.8, 4) is 11.4 Å². The molecule has 3 aromatic heterocycles. The predicted octanol–water partition coefficient (Wildman–Crippen LogP) is 2.08. The summed E-state index contributed by atoms with van der Waals surface area (Å²) in [6.45, 7) is 1.51. The molecule has 0 atom stereocenters. The highest BCUT2D eigenvalue weighted by molar-refractivity contribution is 5.51. The van der Waals surface area contributed by atoms with Gasteiger partial charge in [0.25, 0.3) is 0 Å². The molecule has 1 saturated heterocycles. The van der Waals surface area contributed by atoms with Gasteiger partial charge in [-0.1, -0.05) is 5.16 Å². The van der Waals surface area contributed by atoms with Gasteiger partial charge in [0.2, 0.25) is 11.7 Å². The van der Waals surface area contributed by atoms with E-state index in [9.17, 15) is 4.39 Å². The van der Waals surface area contributed by atoms with E-state index in [0.717, 1.165) is 37.3 Å². The highest BCUT2D eigenvalue weighted by Crippen LogP contribution is 2.29. The van der Waals surface area contributed by atoms with Crippen LogP contribution < -0.4 is 4.90 Å². The van der Waals surface area contributed by atoms with Crippen LogP contribution in [0.15, 0.2) is 35.5 Å². The Bertz CT molecular complexity index is 811. The van der Waals surface area contributed by atoms with E-state index >= 15 is 0 Å². The van der Waals surface area contributed by atoms with Gasteiger partial charge in [-0.2, -0.15) is 10.1 Å². The minimum absolute atomic E-state index is 0.228. The normalized spacial score (nSPS) is 15.6. The first-order valence-corrected chi connectivity index (χ1v) is 8.27. The van der Waals surface area contributed by atoms with Crippen LogP contribution in [-0.4, -0.2) is 49.7 Å². The molecule has 1 aliphatic heterocycles. The van der Waals surface area contributed by atoms with Gasteiger partial charge in [0.05, 0.1) is 24.5 Å². The van der Waals surface area contributed by atoms with Crippen LogP contribution in [0.3, 0.4) is 0 Å². The average molecular weight is 343 g/mol. The number of piperidine rings is 1. The number of anilines is 1. The van der Waals surface area contributed by atoms with Crippen LogP contribution in [0.1, 0.15) is 24.7 Å². The average Bonchev–Trinajstić information content (AvgIpc) is 3.32. The standard InChI is InChI=1S/C16H18FN7O/c17-3-8-24-11-13(9-20-24)15-21-16(25-22-15)12-1-6-23(7-2-12)14-10-18-4-5-19-14/h4-5,9-12H,1-3,6-8H2. The Kier molecular flexibility index (Phi) is 4.36. The number of rotatable bonds is 5. The number of hydrogen-bond acceptors (Lipinski definition) is 7. The fourth-order valence-corrected chi connectivity index (χ4v) is 3.02. The fraction of sp³-hybridized carbons (Fsp3) is 0.438. The highest BCUT2D eigenvalue weighted by Gasteiger charge is 2.26. The molecule has 0 aliphatic carbocycles. The second-order valence-electron chi connectivity index (χ2n) is 5.96. The lowest BCUT2D eigenvalue weighted by molar-refractivity contribution is 0.329. The molecule has 0 amide bonds. The molecule has 3 aromatic rings. The van der Waals surface area contributed by atoms with Gasteiger partial charge in [-0.05, 0) is 12.8 Å². The van der Waals surface area contributed by atoms with Crippen molar-refractivity contribution in [1.82, 2.24) is 29.9 Å². The van der Waals surface area contributed by atoms with E-state index < -0.39 is 6.67 Å². The van der Waals surface area contributed by atoms with E-state index in [1.807, 2.05) is 0 Å². The fourth-order valence-electron chi connectivity index (χ4n) is 3.02. The monoisotopic (exact) mass is 343 g/mol. The molecule has 9 heteroatoms. The molecule has 4 rings (SSSR count). The number of aromatic nitrogens is 6.